The number of carbonyl (C=O) groups is 2. The number of halogens is 1. The molecule has 23 heavy (non-hydrogen) atoms. The molecule has 1 aliphatic carbocycles. The van der Waals surface area contributed by atoms with Gasteiger partial charge in [0, 0.05) is 12.3 Å². The molecule has 1 amide bonds. The molecule has 2 saturated heterocycles. The summed E-state index contributed by atoms with van der Waals surface area (Å²) in [4.78, 5) is 25.9. The van der Waals surface area contributed by atoms with Gasteiger partial charge in [0.15, 0.2) is 6.04 Å². The lowest BCUT2D eigenvalue weighted by Gasteiger charge is -2.61. The first-order valence-corrected chi connectivity index (χ1v) is 7.32. The number of quaternary nitrogens is 1. The van der Waals surface area contributed by atoms with Gasteiger partial charge in [0.05, 0.1) is 30.4 Å². The Labute approximate surface area is 139 Å². The average Bonchev–Trinajstić information content (AvgIpc) is 2.39. The van der Waals surface area contributed by atoms with Gasteiger partial charge in [-0.3, -0.25) is 4.79 Å². The highest BCUT2D eigenvalue weighted by Crippen LogP contribution is 2.49. The molecule has 0 aromatic carbocycles. The number of ether oxygens (including phenoxy) is 1. The van der Waals surface area contributed by atoms with Crippen molar-refractivity contribution in [2.45, 2.75) is 50.2 Å². The lowest BCUT2D eigenvalue weighted by atomic mass is 9.65. The van der Waals surface area contributed by atoms with Gasteiger partial charge in [-0.1, -0.05) is 0 Å². The maximum atomic E-state index is 12.2. The number of amides is 1. The van der Waals surface area contributed by atoms with Gasteiger partial charge >= 0.3 is 5.97 Å². The average molecular weight is 349 g/mol. The Morgan fingerprint density at radius 1 is 1.48 bits per heavy atom. The predicted octanol–water partition coefficient (Wildman–Crippen LogP) is -5.30. The van der Waals surface area contributed by atoms with Gasteiger partial charge in [0.1, 0.15) is 11.4 Å². The van der Waals surface area contributed by atoms with Crippen molar-refractivity contribution in [1.29, 1.82) is 0 Å². The molecule has 9 heteroatoms. The smallest absolute Gasteiger partial charge is 0.338 e. The van der Waals surface area contributed by atoms with E-state index < -0.39 is 41.8 Å². The fraction of sp³-hybridized carbons (Fsp3) is 0.714. The molecule has 3 rings (SSSR count). The Morgan fingerprint density at radius 2 is 2.09 bits per heavy atom. The highest BCUT2D eigenvalue weighted by atomic mass is 35.5. The number of nitrogens with zero attached hydrogens (tertiary/aromatic N) is 1. The third kappa shape index (κ3) is 2.40. The first kappa shape index (κ1) is 18.0. The number of aliphatic hydroxyl groups excluding tert-OH is 3. The molecule has 0 aromatic heterocycles. The molecule has 0 spiro atoms. The molecule has 6 N–H and O–H groups in total. The summed E-state index contributed by atoms with van der Waals surface area (Å²) < 4.78 is 5.39. The number of carbonyl (C=O) groups excluding carboxylic acids is 2. The molecule has 1 unspecified atom stereocenters. The number of hydrogen-bond donors (Lipinski definition) is 4. The van der Waals surface area contributed by atoms with Crippen molar-refractivity contribution in [2.75, 3.05) is 6.54 Å². The first-order chi connectivity index (χ1) is 10.2. The molecular weight excluding hydrogens is 328 g/mol. The molecule has 0 radical (unpaired) electrons. The van der Waals surface area contributed by atoms with Crippen LogP contribution in [0.5, 0.6) is 0 Å². The molecule has 130 valence electrons. The van der Waals surface area contributed by atoms with Gasteiger partial charge in [-0.15, -0.1) is 0 Å². The van der Waals surface area contributed by atoms with Crippen LogP contribution in [0.1, 0.15) is 20.3 Å². The largest absolute Gasteiger partial charge is 1.00 e. The molecule has 2 aliphatic heterocycles. The second-order valence-electron chi connectivity index (χ2n) is 6.66. The number of likely N-dealkylation sites (tertiary alicyclic amines) is 1. The van der Waals surface area contributed by atoms with Crippen molar-refractivity contribution in [2.24, 2.45) is 5.92 Å². The van der Waals surface area contributed by atoms with Crippen LogP contribution in [0.2, 0.25) is 0 Å². The maximum absolute atomic E-state index is 12.2. The van der Waals surface area contributed by atoms with Crippen LogP contribution in [0.15, 0.2) is 11.3 Å². The van der Waals surface area contributed by atoms with E-state index in [1.807, 2.05) is 0 Å². The van der Waals surface area contributed by atoms with Crippen LogP contribution in [0, 0.1) is 5.92 Å². The van der Waals surface area contributed by atoms with Crippen molar-refractivity contribution in [3.05, 3.63) is 11.3 Å². The van der Waals surface area contributed by atoms with Crippen LogP contribution in [0.3, 0.4) is 0 Å². The second kappa shape index (κ2) is 5.62. The monoisotopic (exact) mass is 348 g/mol. The van der Waals surface area contributed by atoms with Crippen molar-refractivity contribution in [1.82, 2.24) is 4.90 Å². The predicted molar refractivity (Wildman–Crippen MR) is 72.1 cm³/mol. The quantitative estimate of drug-likeness (QED) is 0.350. The molecular formula is C14H21ClN2O6. The van der Waals surface area contributed by atoms with E-state index in [-0.39, 0.29) is 42.6 Å². The molecule has 3 aliphatic rings. The van der Waals surface area contributed by atoms with Crippen molar-refractivity contribution >= 4 is 11.9 Å². The van der Waals surface area contributed by atoms with Crippen LogP contribution in [0.4, 0.5) is 0 Å². The number of hydrogen-bond acceptors (Lipinski definition) is 6. The Bertz CT molecular complexity index is 580. The standard InChI is InChI=1S/C14H20N2O6.ClH/c1-5(15)12(20)16-4-14(2)11(16)9-8(13(21)22-14)6(17)3-7(18)10(9)19;/h5,7,9-11,17-19H,3-4,15H2,1-2H3;1H/t5?,7-,9+,10+,11-,14-;/m1./s1. The van der Waals surface area contributed by atoms with Crippen LogP contribution in [-0.2, 0) is 14.3 Å². The normalized spacial score (nSPS) is 40.2. The Hall–Kier alpha value is -1.35. The van der Waals surface area contributed by atoms with E-state index in [0.717, 1.165) is 0 Å². The summed E-state index contributed by atoms with van der Waals surface area (Å²) in [5, 5.41) is 30.2. The Morgan fingerprint density at radius 3 is 2.65 bits per heavy atom. The van der Waals surface area contributed by atoms with Crippen molar-refractivity contribution in [3.63, 3.8) is 0 Å². The van der Waals surface area contributed by atoms with Gasteiger partial charge < -0.3 is 43.1 Å². The Balaban J connectivity index is 0.00000192. The lowest BCUT2D eigenvalue weighted by molar-refractivity contribution is -0.402. The molecule has 8 nitrogen and oxygen atoms in total. The molecule has 2 heterocycles. The van der Waals surface area contributed by atoms with E-state index in [4.69, 9.17) is 4.74 Å². The van der Waals surface area contributed by atoms with Crippen LogP contribution in [0.25, 0.3) is 0 Å². The summed E-state index contributed by atoms with van der Waals surface area (Å²) in [5.74, 6) is -2.04. The molecule has 0 saturated carbocycles. The first-order valence-electron chi connectivity index (χ1n) is 7.32. The fourth-order valence-corrected chi connectivity index (χ4v) is 3.81. The highest BCUT2D eigenvalue weighted by Gasteiger charge is 2.65. The van der Waals surface area contributed by atoms with E-state index >= 15 is 0 Å². The zero-order chi connectivity index (χ0) is 16.4. The number of esters is 1. The molecule has 6 atom stereocenters. The van der Waals surface area contributed by atoms with E-state index in [9.17, 15) is 24.9 Å². The van der Waals surface area contributed by atoms with Crippen molar-refractivity contribution in [3.8, 4) is 0 Å². The number of rotatable bonds is 1. The summed E-state index contributed by atoms with van der Waals surface area (Å²) in [6.45, 7) is 3.57. The van der Waals surface area contributed by atoms with Crippen LogP contribution in [-0.4, -0.2) is 68.5 Å². The molecule has 0 bridgehead atoms. The zero-order valence-electron chi connectivity index (χ0n) is 12.9. The van der Waals surface area contributed by atoms with Gasteiger partial charge in [-0.05, 0) is 13.8 Å². The summed E-state index contributed by atoms with van der Waals surface area (Å²) in [7, 11) is 0. The van der Waals surface area contributed by atoms with Gasteiger partial charge in [0.25, 0.3) is 5.91 Å². The van der Waals surface area contributed by atoms with E-state index in [1.54, 1.807) is 13.8 Å². The number of aliphatic hydroxyl groups is 3. The summed E-state index contributed by atoms with van der Waals surface area (Å²) in [6, 6.07) is -1.09. The minimum absolute atomic E-state index is 0. The molecule has 2 fully saturated rings. The minimum Gasteiger partial charge on any atom is -1.00 e. The summed E-state index contributed by atoms with van der Waals surface area (Å²) in [5.41, 5.74) is 2.74. The van der Waals surface area contributed by atoms with Crippen LogP contribution < -0.4 is 18.1 Å². The van der Waals surface area contributed by atoms with E-state index in [1.165, 1.54) is 4.90 Å². The van der Waals surface area contributed by atoms with Gasteiger partial charge in [0.2, 0.25) is 0 Å². The van der Waals surface area contributed by atoms with E-state index in [0.29, 0.717) is 0 Å². The highest BCUT2D eigenvalue weighted by molar-refractivity contribution is 5.93. The van der Waals surface area contributed by atoms with Gasteiger partial charge in [-0.2, -0.15) is 0 Å². The zero-order valence-corrected chi connectivity index (χ0v) is 13.7. The summed E-state index contributed by atoms with van der Waals surface area (Å²) in [6.07, 6.45) is -2.62. The fourth-order valence-electron chi connectivity index (χ4n) is 3.81. The minimum atomic E-state index is -1.24. The van der Waals surface area contributed by atoms with Crippen LogP contribution >= 0.6 is 0 Å². The van der Waals surface area contributed by atoms with E-state index in [2.05, 4.69) is 5.73 Å². The third-order valence-electron chi connectivity index (χ3n) is 4.85. The topological polar surface area (TPSA) is 135 Å². The number of fused-ring (bicyclic) bond motifs is 3. The van der Waals surface area contributed by atoms with Gasteiger partial charge in [-0.25, -0.2) is 4.79 Å². The third-order valence-corrected chi connectivity index (χ3v) is 4.85. The maximum Gasteiger partial charge on any atom is 0.338 e. The molecule has 0 aromatic rings. The van der Waals surface area contributed by atoms with Crippen molar-refractivity contribution < 1.29 is 47.8 Å². The lowest BCUT2D eigenvalue weighted by Crippen LogP contribution is -3.00. The second-order valence-corrected chi connectivity index (χ2v) is 6.66. The SMILES string of the molecule is CC([NH3+])C(=O)N1C[C@@]2(C)OC(=O)C3=C(O)C[C@@H](O)[C@H](O)[C@H]3[C@@H]12.[Cl-]. The summed E-state index contributed by atoms with van der Waals surface area (Å²) >= 11 is 0. The Kier molecular flexibility index (Phi) is 4.40.